The minimum absolute atomic E-state index is 0.161. The Morgan fingerprint density at radius 2 is 1.05 bits per heavy atom. The van der Waals surface area contributed by atoms with Gasteiger partial charge in [0.05, 0.1) is 5.69 Å². The van der Waals surface area contributed by atoms with Crippen molar-refractivity contribution in [2.24, 2.45) is 0 Å². The molecular formula is C61H46N2. The van der Waals surface area contributed by atoms with Gasteiger partial charge >= 0.3 is 0 Å². The standard InChI is InChI=1S/C61H46N2/c1-61(2)57-38-42(28-34-52(57)53-35-33-49(40-58(53)61)62(45-16-5-3-6-17-45)46-18-7-4-8-19-46)25-24-41-26-30-47(31-27-41)63(48-32-29-43-14-9-10-15-44(43)39-48)59-37-36-55-51-21-12-11-20-50(51)54-22-13-23-56(59)60(54)55/h3-10,12-19,21-40H,11,20H2,1-2H3/b25-24+. The van der Waals surface area contributed by atoms with Gasteiger partial charge in [0.1, 0.15) is 0 Å². The molecule has 0 N–H and O–H groups in total. The number of hydrogen-bond donors (Lipinski definition) is 0. The summed E-state index contributed by atoms with van der Waals surface area (Å²) in [5.41, 5.74) is 20.1. The maximum absolute atomic E-state index is 2.45. The Hall–Kier alpha value is -7.68. The van der Waals surface area contributed by atoms with Gasteiger partial charge in [-0.15, -0.1) is 0 Å². The number of anilines is 6. The summed E-state index contributed by atoms with van der Waals surface area (Å²) in [5, 5.41) is 5.13. The Bertz CT molecular complexity index is 3310. The summed E-state index contributed by atoms with van der Waals surface area (Å²) < 4.78 is 0. The molecule has 0 fully saturated rings. The van der Waals surface area contributed by atoms with E-state index in [0.717, 1.165) is 46.8 Å². The average Bonchev–Trinajstić information content (AvgIpc) is 3.78. The molecule has 0 saturated carbocycles. The molecule has 9 aromatic carbocycles. The van der Waals surface area contributed by atoms with Crippen LogP contribution in [0.1, 0.15) is 60.1 Å². The van der Waals surface area contributed by atoms with Crippen LogP contribution in [0, 0.1) is 0 Å². The first-order valence-electron chi connectivity index (χ1n) is 22.2. The predicted octanol–water partition coefficient (Wildman–Crippen LogP) is 17.0. The maximum atomic E-state index is 2.45. The molecule has 0 aromatic heterocycles. The first-order chi connectivity index (χ1) is 31.0. The van der Waals surface area contributed by atoms with E-state index in [0.29, 0.717) is 0 Å². The number of allylic oxidation sites excluding steroid dienone is 4. The van der Waals surface area contributed by atoms with E-state index in [1.54, 1.807) is 0 Å². The van der Waals surface area contributed by atoms with Crippen LogP contribution in [0.3, 0.4) is 0 Å². The van der Waals surface area contributed by atoms with Gasteiger partial charge in [-0.05, 0) is 151 Å². The highest BCUT2D eigenvalue weighted by molar-refractivity contribution is 6.19. The zero-order valence-electron chi connectivity index (χ0n) is 35.6. The van der Waals surface area contributed by atoms with E-state index in [1.807, 2.05) is 0 Å². The molecule has 0 unspecified atom stereocenters. The number of hydrogen-bond acceptors (Lipinski definition) is 2. The lowest BCUT2D eigenvalue weighted by Crippen LogP contribution is -2.16. The number of benzene rings is 9. The van der Waals surface area contributed by atoms with Crippen molar-refractivity contribution in [2.45, 2.75) is 32.1 Å². The van der Waals surface area contributed by atoms with Gasteiger partial charge in [0, 0.05) is 39.2 Å². The molecule has 3 aliphatic rings. The molecule has 0 heterocycles. The van der Waals surface area contributed by atoms with E-state index in [1.165, 1.54) is 77.3 Å². The molecule has 12 rings (SSSR count). The van der Waals surface area contributed by atoms with Crippen LogP contribution >= 0.6 is 0 Å². The summed E-state index contributed by atoms with van der Waals surface area (Å²) in [7, 11) is 0. The Labute approximate surface area is 370 Å². The molecule has 0 saturated heterocycles. The molecule has 0 amide bonds. The van der Waals surface area contributed by atoms with Gasteiger partial charge in [0.25, 0.3) is 0 Å². The Kier molecular flexibility index (Phi) is 8.69. The van der Waals surface area contributed by atoms with Gasteiger partial charge < -0.3 is 9.80 Å². The summed E-state index contributed by atoms with van der Waals surface area (Å²) in [6, 6.07) is 71.4. The average molecular weight is 807 g/mol. The smallest absolute Gasteiger partial charge is 0.0540 e. The number of nitrogens with zero attached hydrogens (tertiary/aromatic N) is 2. The number of fused-ring (bicyclic) bond motifs is 6. The summed E-state index contributed by atoms with van der Waals surface area (Å²) in [4.78, 5) is 4.80. The van der Waals surface area contributed by atoms with Crippen LogP contribution in [0.2, 0.25) is 0 Å². The SMILES string of the molecule is CC1(C)c2cc(/C=C/c3ccc(N(c4ccc5ccccc5c4)c4ccc5c6c(cccc46)C4=C5C=CCC4)cc3)ccc2-c2ccc(N(c3ccccc3)c3ccccc3)cc21. The second-order valence-corrected chi connectivity index (χ2v) is 17.7. The highest BCUT2D eigenvalue weighted by atomic mass is 15.1. The van der Waals surface area contributed by atoms with Gasteiger partial charge in [-0.2, -0.15) is 0 Å². The largest absolute Gasteiger partial charge is 0.310 e. The summed E-state index contributed by atoms with van der Waals surface area (Å²) >= 11 is 0. The van der Waals surface area contributed by atoms with Crippen LogP contribution < -0.4 is 9.80 Å². The molecule has 9 aromatic rings. The molecule has 300 valence electrons. The van der Waals surface area contributed by atoms with Crippen LogP contribution in [-0.2, 0) is 5.41 Å². The topological polar surface area (TPSA) is 6.48 Å². The van der Waals surface area contributed by atoms with Crippen molar-refractivity contribution in [3.63, 3.8) is 0 Å². The first-order valence-corrected chi connectivity index (χ1v) is 22.2. The van der Waals surface area contributed by atoms with Crippen molar-refractivity contribution in [1.29, 1.82) is 0 Å². The van der Waals surface area contributed by atoms with Crippen molar-refractivity contribution in [3.8, 4) is 11.1 Å². The van der Waals surface area contributed by atoms with E-state index < -0.39 is 0 Å². The van der Waals surface area contributed by atoms with E-state index in [9.17, 15) is 0 Å². The predicted molar refractivity (Wildman–Crippen MR) is 269 cm³/mol. The second-order valence-electron chi connectivity index (χ2n) is 17.7. The highest BCUT2D eigenvalue weighted by Crippen LogP contribution is 2.52. The van der Waals surface area contributed by atoms with Gasteiger partial charge in [0.2, 0.25) is 0 Å². The molecule has 2 heteroatoms. The van der Waals surface area contributed by atoms with Crippen LogP contribution in [0.4, 0.5) is 34.1 Å². The van der Waals surface area contributed by atoms with Crippen molar-refractivity contribution < 1.29 is 0 Å². The fraction of sp³-hybridized carbons (Fsp3) is 0.0820. The molecule has 0 radical (unpaired) electrons. The molecule has 63 heavy (non-hydrogen) atoms. The molecule has 0 aliphatic heterocycles. The molecule has 2 nitrogen and oxygen atoms in total. The number of para-hydroxylation sites is 2. The third kappa shape index (κ3) is 6.16. The van der Waals surface area contributed by atoms with Crippen LogP contribution in [-0.4, -0.2) is 0 Å². The second kappa shape index (κ2) is 14.8. The number of rotatable bonds is 8. The van der Waals surface area contributed by atoms with Crippen molar-refractivity contribution in [3.05, 3.63) is 240 Å². The van der Waals surface area contributed by atoms with Crippen molar-refractivity contribution in [1.82, 2.24) is 0 Å². The quantitative estimate of drug-likeness (QED) is 0.141. The van der Waals surface area contributed by atoms with Gasteiger partial charge in [-0.1, -0.05) is 166 Å². The Morgan fingerprint density at radius 1 is 0.444 bits per heavy atom. The minimum Gasteiger partial charge on any atom is -0.310 e. The molecule has 0 bridgehead atoms. The minimum atomic E-state index is -0.161. The van der Waals surface area contributed by atoms with Crippen molar-refractivity contribution >= 4 is 79.0 Å². The van der Waals surface area contributed by atoms with E-state index in [2.05, 4.69) is 242 Å². The van der Waals surface area contributed by atoms with Gasteiger partial charge in [-0.25, -0.2) is 0 Å². The van der Waals surface area contributed by atoms with E-state index in [-0.39, 0.29) is 5.41 Å². The molecule has 0 spiro atoms. The van der Waals surface area contributed by atoms with Crippen LogP contribution in [0.25, 0.3) is 56.0 Å². The van der Waals surface area contributed by atoms with Gasteiger partial charge in [0.15, 0.2) is 0 Å². The summed E-state index contributed by atoms with van der Waals surface area (Å²) in [6.07, 6.45) is 11.4. The normalized spacial score (nSPS) is 14.3. The lowest BCUT2D eigenvalue weighted by molar-refractivity contribution is 0.660. The van der Waals surface area contributed by atoms with Crippen LogP contribution in [0.5, 0.6) is 0 Å². The zero-order chi connectivity index (χ0) is 42.1. The Morgan fingerprint density at radius 3 is 1.83 bits per heavy atom. The third-order valence-electron chi connectivity index (χ3n) is 13.6. The summed E-state index contributed by atoms with van der Waals surface area (Å²) in [6.45, 7) is 4.74. The third-order valence-corrected chi connectivity index (χ3v) is 13.6. The maximum Gasteiger partial charge on any atom is 0.0540 e. The summed E-state index contributed by atoms with van der Waals surface area (Å²) in [5.74, 6) is 0. The zero-order valence-corrected chi connectivity index (χ0v) is 35.6. The first kappa shape index (κ1) is 37.1. The van der Waals surface area contributed by atoms with E-state index >= 15 is 0 Å². The Balaban J connectivity index is 0.870. The molecule has 0 atom stereocenters. The van der Waals surface area contributed by atoms with Crippen LogP contribution in [0.15, 0.2) is 206 Å². The highest BCUT2D eigenvalue weighted by Gasteiger charge is 2.36. The fourth-order valence-electron chi connectivity index (χ4n) is 10.5. The monoisotopic (exact) mass is 806 g/mol. The lowest BCUT2D eigenvalue weighted by atomic mass is 9.81. The fourth-order valence-corrected chi connectivity index (χ4v) is 10.5. The van der Waals surface area contributed by atoms with E-state index in [4.69, 9.17) is 0 Å². The lowest BCUT2D eigenvalue weighted by Gasteiger charge is -2.28. The van der Waals surface area contributed by atoms with Gasteiger partial charge in [-0.3, -0.25) is 0 Å². The molecule has 3 aliphatic carbocycles. The van der Waals surface area contributed by atoms with Crippen molar-refractivity contribution in [2.75, 3.05) is 9.80 Å². The molecular weight excluding hydrogens is 761 g/mol.